The van der Waals surface area contributed by atoms with E-state index in [0.717, 1.165) is 11.1 Å². The van der Waals surface area contributed by atoms with Crippen LogP contribution in [-0.4, -0.2) is 5.11 Å². The molecule has 2 aromatic carbocycles. The Morgan fingerprint density at radius 3 is 1.88 bits per heavy atom. The van der Waals surface area contributed by atoms with Crippen LogP contribution in [0.3, 0.4) is 0 Å². The molecule has 0 aromatic heterocycles. The molecule has 0 bridgehead atoms. The Morgan fingerprint density at radius 1 is 0.875 bits per heavy atom. The maximum Gasteiger partial charge on any atom is 0.126 e. The van der Waals surface area contributed by atoms with Gasteiger partial charge in [-0.3, -0.25) is 0 Å². The highest BCUT2D eigenvalue weighted by Gasteiger charge is 1.95. The van der Waals surface area contributed by atoms with Gasteiger partial charge in [-0.15, -0.1) is 0 Å². The van der Waals surface area contributed by atoms with Gasteiger partial charge in [-0.1, -0.05) is 30.3 Å². The van der Waals surface area contributed by atoms with Gasteiger partial charge in [-0.05, 0) is 43.2 Å². The van der Waals surface area contributed by atoms with Crippen LogP contribution in [0.2, 0.25) is 0 Å². The predicted octanol–water partition coefficient (Wildman–Crippen LogP) is 3.83. The summed E-state index contributed by atoms with van der Waals surface area (Å²) >= 11 is 0. The summed E-state index contributed by atoms with van der Waals surface area (Å²) in [6, 6.07) is 13.8. The third-order valence-corrected chi connectivity index (χ3v) is 2.29. The number of halogens is 1. The summed E-state index contributed by atoms with van der Waals surface area (Å²) in [6.07, 6.45) is 0. The lowest BCUT2D eigenvalue weighted by Crippen LogP contribution is -1.83. The lowest BCUT2D eigenvalue weighted by Gasteiger charge is -1.97. The van der Waals surface area contributed by atoms with Gasteiger partial charge in [-0.25, -0.2) is 4.39 Å². The molecule has 2 rings (SSSR count). The SMILES string of the molecule is Cc1cccc(F)c1C.Oc1ccccc1. The average Bonchev–Trinajstić information content (AvgIpc) is 2.28. The summed E-state index contributed by atoms with van der Waals surface area (Å²) in [5, 5.41) is 8.63. The number of phenols is 1. The first-order valence-corrected chi connectivity index (χ1v) is 5.07. The van der Waals surface area contributed by atoms with Crippen LogP contribution in [0.5, 0.6) is 5.75 Å². The first-order valence-electron chi connectivity index (χ1n) is 5.07. The van der Waals surface area contributed by atoms with Crippen LogP contribution >= 0.6 is 0 Å². The Hall–Kier alpha value is -1.83. The lowest BCUT2D eigenvalue weighted by molar-refractivity contribution is 0.475. The molecule has 0 unspecified atom stereocenters. The Morgan fingerprint density at radius 2 is 1.50 bits per heavy atom. The van der Waals surface area contributed by atoms with Gasteiger partial charge < -0.3 is 5.11 Å². The van der Waals surface area contributed by atoms with E-state index in [1.54, 1.807) is 37.3 Å². The fourth-order valence-electron chi connectivity index (χ4n) is 1.14. The molecule has 0 aliphatic rings. The van der Waals surface area contributed by atoms with Crippen molar-refractivity contribution < 1.29 is 9.50 Å². The maximum atomic E-state index is 12.6. The van der Waals surface area contributed by atoms with Gasteiger partial charge in [0.2, 0.25) is 0 Å². The van der Waals surface area contributed by atoms with E-state index in [-0.39, 0.29) is 5.82 Å². The van der Waals surface area contributed by atoms with E-state index in [2.05, 4.69) is 0 Å². The molecule has 2 aromatic rings. The monoisotopic (exact) mass is 218 g/mol. The van der Waals surface area contributed by atoms with Crippen LogP contribution in [0.25, 0.3) is 0 Å². The average molecular weight is 218 g/mol. The fourth-order valence-corrected chi connectivity index (χ4v) is 1.14. The Bertz CT molecular complexity index is 417. The number of hydrogen-bond acceptors (Lipinski definition) is 1. The van der Waals surface area contributed by atoms with Crippen LogP contribution in [0.1, 0.15) is 11.1 Å². The van der Waals surface area contributed by atoms with Crippen molar-refractivity contribution in [3.63, 3.8) is 0 Å². The van der Waals surface area contributed by atoms with E-state index in [9.17, 15) is 4.39 Å². The van der Waals surface area contributed by atoms with Crippen molar-refractivity contribution in [3.05, 3.63) is 65.5 Å². The number of rotatable bonds is 0. The minimum atomic E-state index is -0.116. The zero-order chi connectivity index (χ0) is 12.0. The minimum absolute atomic E-state index is 0.116. The number of aryl methyl sites for hydroxylation is 1. The third kappa shape index (κ3) is 3.73. The summed E-state index contributed by atoms with van der Waals surface area (Å²) in [5.74, 6) is 0.206. The van der Waals surface area contributed by atoms with Crippen LogP contribution in [-0.2, 0) is 0 Å². The molecule has 2 heteroatoms. The van der Waals surface area contributed by atoms with E-state index in [4.69, 9.17) is 5.11 Å². The van der Waals surface area contributed by atoms with Gasteiger partial charge in [0.25, 0.3) is 0 Å². The minimum Gasteiger partial charge on any atom is -0.508 e. The molecule has 0 aliphatic heterocycles. The number of aromatic hydroxyl groups is 1. The quantitative estimate of drug-likeness (QED) is 0.712. The first kappa shape index (κ1) is 12.2. The Balaban J connectivity index is 0.000000165. The van der Waals surface area contributed by atoms with Crippen molar-refractivity contribution >= 4 is 0 Å². The number of hydrogen-bond donors (Lipinski definition) is 1. The fraction of sp³-hybridized carbons (Fsp3) is 0.143. The van der Waals surface area contributed by atoms with Crippen molar-refractivity contribution in [2.45, 2.75) is 13.8 Å². The summed E-state index contributed by atoms with van der Waals surface area (Å²) in [7, 11) is 0. The highest BCUT2D eigenvalue weighted by molar-refractivity contribution is 5.25. The molecular weight excluding hydrogens is 203 g/mol. The van der Waals surface area contributed by atoms with Gasteiger partial charge >= 0.3 is 0 Å². The van der Waals surface area contributed by atoms with Gasteiger partial charge in [0.15, 0.2) is 0 Å². The molecule has 0 amide bonds. The van der Waals surface area contributed by atoms with E-state index in [1.807, 2.05) is 19.1 Å². The molecule has 16 heavy (non-hydrogen) atoms. The molecule has 0 radical (unpaired) electrons. The molecule has 84 valence electrons. The predicted molar refractivity (Wildman–Crippen MR) is 64.0 cm³/mol. The van der Waals surface area contributed by atoms with Crippen LogP contribution in [0.15, 0.2) is 48.5 Å². The molecule has 0 aliphatic carbocycles. The Kier molecular flexibility index (Phi) is 4.52. The van der Waals surface area contributed by atoms with Crippen molar-refractivity contribution in [1.82, 2.24) is 0 Å². The largest absolute Gasteiger partial charge is 0.508 e. The highest BCUT2D eigenvalue weighted by atomic mass is 19.1. The third-order valence-electron chi connectivity index (χ3n) is 2.29. The normalized spacial score (nSPS) is 9.19. The van der Waals surface area contributed by atoms with Crippen molar-refractivity contribution in [2.75, 3.05) is 0 Å². The molecule has 0 spiro atoms. The molecule has 0 fully saturated rings. The first-order chi connectivity index (χ1) is 7.61. The van der Waals surface area contributed by atoms with Crippen LogP contribution < -0.4 is 0 Å². The van der Waals surface area contributed by atoms with Gasteiger partial charge in [0.1, 0.15) is 11.6 Å². The molecule has 1 nitrogen and oxygen atoms in total. The topological polar surface area (TPSA) is 20.2 Å². The zero-order valence-corrected chi connectivity index (χ0v) is 9.44. The summed E-state index contributed by atoms with van der Waals surface area (Å²) in [5.41, 5.74) is 1.76. The zero-order valence-electron chi connectivity index (χ0n) is 9.44. The van der Waals surface area contributed by atoms with Gasteiger partial charge in [0, 0.05) is 0 Å². The second kappa shape index (κ2) is 5.91. The van der Waals surface area contributed by atoms with Crippen LogP contribution in [0.4, 0.5) is 4.39 Å². The van der Waals surface area contributed by atoms with Crippen molar-refractivity contribution in [2.24, 2.45) is 0 Å². The lowest BCUT2D eigenvalue weighted by atomic mass is 10.1. The molecule has 0 saturated heterocycles. The molecule has 1 N–H and O–H groups in total. The number of para-hydroxylation sites is 1. The maximum absolute atomic E-state index is 12.6. The molecule has 0 saturated carbocycles. The number of phenolic OH excluding ortho intramolecular Hbond substituents is 1. The second-order valence-corrected chi connectivity index (χ2v) is 3.52. The Labute approximate surface area is 95.2 Å². The van der Waals surface area contributed by atoms with E-state index >= 15 is 0 Å². The van der Waals surface area contributed by atoms with E-state index in [0.29, 0.717) is 5.75 Å². The summed E-state index contributed by atoms with van der Waals surface area (Å²) < 4.78 is 12.6. The smallest absolute Gasteiger partial charge is 0.126 e. The summed E-state index contributed by atoms with van der Waals surface area (Å²) in [6.45, 7) is 3.68. The van der Waals surface area contributed by atoms with Gasteiger partial charge in [0.05, 0.1) is 0 Å². The van der Waals surface area contributed by atoms with Crippen LogP contribution in [0, 0.1) is 19.7 Å². The van der Waals surface area contributed by atoms with Crippen molar-refractivity contribution in [3.8, 4) is 5.75 Å². The molecule has 0 atom stereocenters. The van der Waals surface area contributed by atoms with Gasteiger partial charge in [-0.2, -0.15) is 0 Å². The van der Waals surface area contributed by atoms with E-state index < -0.39 is 0 Å². The molecular formula is C14H15FO. The van der Waals surface area contributed by atoms with E-state index in [1.165, 1.54) is 6.07 Å². The van der Waals surface area contributed by atoms with Crippen molar-refractivity contribution in [1.29, 1.82) is 0 Å². The second-order valence-electron chi connectivity index (χ2n) is 3.52. The highest BCUT2D eigenvalue weighted by Crippen LogP contribution is 2.09. The molecule has 0 heterocycles. The number of benzene rings is 2. The summed E-state index contributed by atoms with van der Waals surface area (Å²) in [4.78, 5) is 0. The standard InChI is InChI=1S/C8H9F.C6H6O/c1-6-4-3-5-8(9)7(6)2;7-6-4-2-1-3-5-6/h3-5H,1-2H3;1-5,7H.